The highest BCUT2D eigenvalue weighted by molar-refractivity contribution is 6.24. The Labute approximate surface area is 371 Å². The molecule has 2 fully saturated rings. The normalized spacial score (nSPS) is 23.4. The van der Waals surface area contributed by atoms with E-state index in [2.05, 4.69) is 10.6 Å². The van der Waals surface area contributed by atoms with E-state index in [1.54, 1.807) is 72.8 Å². The first kappa shape index (κ1) is 42.2. The number of nitrogens with one attached hydrogen (secondary N) is 2. The average molecular weight is 857 g/mol. The summed E-state index contributed by atoms with van der Waals surface area (Å²) in [5.41, 5.74) is 1.84. The fourth-order valence-corrected chi connectivity index (χ4v) is 10.0. The molecule has 3 heterocycles. The molecule has 8 atom stereocenters. The molecular formula is C52H48N4O8. The summed E-state index contributed by atoms with van der Waals surface area (Å²) in [7, 11) is 0. The van der Waals surface area contributed by atoms with E-state index in [9.17, 15) is 15.0 Å². The van der Waals surface area contributed by atoms with Crippen LogP contribution in [0.4, 0.5) is 10.5 Å². The predicted molar refractivity (Wildman–Crippen MR) is 239 cm³/mol. The van der Waals surface area contributed by atoms with Gasteiger partial charge in [0.1, 0.15) is 29.9 Å². The molecule has 4 amide bonds. The number of fused-ring (bicyclic) bond motifs is 3. The van der Waals surface area contributed by atoms with Gasteiger partial charge in [0.05, 0.1) is 42.4 Å². The zero-order valence-electron chi connectivity index (χ0n) is 35.1. The minimum atomic E-state index is -2.01. The molecular weight excluding hydrogens is 809 g/mol. The van der Waals surface area contributed by atoms with Crippen LogP contribution in [-0.4, -0.2) is 64.7 Å². The van der Waals surface area contributed by atoms with Crippen LogP contribution in [0.2, 0.25) is 0 Å². The summed E-state index contributed by atoms with van der Waals surface area (Å²) < 4.78 is 12.8. The molecule has 1 spiro atoms. The number of aliphatic hydroxyl groups excluding tert-OH is 2. The van der Waals surface area contributed by atoms with E-state index in [1.165, 1.54) is 0 Å². The van der Waals surface area contributed by atoms with E-state index in [0.717, 1.165) is 16.0 Å². The maximum atomic E-state index is 16.4. The summed E-state index contributed by atoms with van der Waals surface area (Å²) >= 11 is 0. The van der Waals surface area contributed by atoms with Gasteiger partial charge in [0.25, 0.3) is 0 Å². The first-order chi connectivity index (χ1) is 31.2. The highest BCUT2D eigenvalue weighted by Gasteiger charge is 2.76. The lowest BCUT2D eigenvalue weighted by molar-refractivity contribution is -0.178. The van der Waals surface area contributed by atoms with Crippen LogP contribution in [0.15, 0.2) is 170 Å². The summed E-state index contributed by atoms with van der Waals surface area (Å²) in [6.45, 7) is 1.17. The number of ether oxygens (including phenoxy) is 2. The summed E-state index contributed by atoms with van der Waals surface area (Å²) in [4.78, 5) is 65.0. The number of carbonyl (C=O) groups excluding carboxylic acids is 4. The number of amides is 4. The van der Waals surface area contributed by atoms with Gasteiger partial charge in [-0.15, -0.1) is 0 Å². The number of urea groups is 1. The third kappa shape index (κ3) is 7.29. The smallest absolute Gasteiger partial charge is 0.329 e. The van der Waals surface area contributed by atoms with Crippen LogP contribution in [0.25, 0.3) is 0 Å². The van der Waals surface area contributed by atoms with E-state index in [4.69, 9.17) is 9.47 Å². The summed E-state index contributed by atoms with van der Waals surface area (Å²) in [5, 5.41) is 27.3. The number of carbonyl (C=O) groups is 4. The maximum absolute atomic E-state index is 16.4. The number of nitrogens with zero attached hydrogens (tertiary/aromatic N) is 2. The van der Waals surface area contributed by atoms with Crippen LogP contribution in [0, 0.1) is 5.92 Å². The fourth-order valence-electron chi connectivity index (χ4n) is 10.0. The average Bonchev–Trinajstić information content (AvgIpc) is 3.80. The molecule has 0 bridgehead atoms. The standard InChI is InChI=1S/C52H48N4O8/c1-33(34-18-6-2-7-19-34)54-51(62)55-40-28-16-15-27-39(40)52(50(55)61)43(48(59)53-32-41(58)35-20-8-3-9-21-35)45-49(60)64-46(37-24-12-5-13-25-37)44(36-22-10-4-11-23-36)56(45)47(52)38-26-14-17-29-42(38)63-31-30-57/h2-29,33,41,43-47,57-58H,30-32H2,1H3,(H,53,59)(H,54,62). The van der Waals surface area contributed by atoms with Crippen molar-refractivity contribution < 1.29 is 38.9 Å². The Bertz CT molecular complexity index is 2630. The van der Waals surface area contributed by atoms with Gasteiger partial charge in [-0.2, -0.15) is 0 Å². The minimum absolute atomic E-state index is 0.0886. The molecule has 6 aromatic carbocycles. The minimum Gasteiger partial charge on any atom is -0.491 e. The molecule has 324 valence electrons. The van der Waals surface area contributed by atoms with Gasteiger partial charge >= 0.3 is 12.0 Å². The quantitative estimate of drug-likeness (QED) is 0.0948. The topological polar surface area (TPSA) is 158 Å². The highest BCUT2D eigenvalue weighted by Crippen LogP contribution is 2.66. The van der Waals surface area contributed by atoms with E-state index < -0.39 is 71.5 Å². The number of aliphatic hydroxyl groups is 2. The second-order valence-corrected chi connectivity index (χ2v) is 16.3. The molecule has 3 aliphatic rings. The van der Waals surface area contributed by atoms with Crippen LogP contribution in [0.3, 0.4) is 0 Å². The number of rotatable bonds is 12. The van der Waals surface area contributed by atoms with Crippen molar-refractivity contribution in [2.45, 2.75) is 48.7 Å². The van der Waals surface area contributed by atoms with Crippen molar-refractivity contribution in [3.63, 3.8) is 0 Å². The van der Waals surface area contributed by atoms with Crippen molar-refractivity contribution >= 4 is 29.5 Å². The second-order valence-electron chi connectivity index (χ2n) is 16.3. The molecule has 64 heavy (non-hydrogen) atoms. The molecule has 12 heteroatoms. The van der Waals surface area contributed by atoms with Crippen LogP contribution in [0.1, 0.15) is 70.6 Å². The number of para-hydroxylation sites is 2. The van der Waals surface area contributed by atoms with Gasteiger partial charge in [0.15, 0.2) is 0 Å². The van der Waals surface area contributed by atoms with Gasteiger partial charge in [0, 0.05) is 12.1 Å². The summed E-state index contributed by atoms with van der Waals surface area (Å²) in [5.74, 6) is -3.41. The molecule has 6 aromatic rings. The Morgan fingerprint density at radius 3 is 1.98 bits per heavy atom. The summed E-state index contributed by atoms with van der Waals surface area (Å²) in [6.07, 6.45) is -2.05. The van der Waals surface area contributed by atoms with Crippen molar-refractivity contribution in [1.82, 2.24) is 15.5 Å². The van der Waals surface area contributed by atoms with Crippen molar-refractivity contribution in [2.24, 2.45) is 5.92 Å². The number of anilines is 1. The Morgan fingerprint density at radius 1 is 0.734 bits per heavy atom. The van der Waals surface area contributed by atoms with E-state index >= 15 is 14.4 Å². The zero-order chi connectivity index (χ0) is 44.4. The largest absolute Gasteiger partial charge is 0.491 e. The molecule has 9 rings (SSSR count). The molecule has 0 saturated carbocycles. The maximum Gasteiger partial charge on any atom is 0.329 e. The molecule has 12 nitrogen and oxygen atoms in total. The van der Waals surface area contributed by atoms with Gasteiger partial charge in [-0.25, -0.2) is 9.69 Å². The van der Waals surface area contributed by atoms with Gasteiger partial charge in [-0.3, -0.25) is 19.3 Å². The fraction of sp³-hybridized carbons (Fsp3) is 0.231. The van der Waals surface area contributed by atoms with Crippen molar-refractivity contribution in [3.8, 4) is 5.75 Å². The number of imide groups is 1. The second kappa shape index (κ2) is 17.9. The Kier molecular flexibility index (Phi) is 11.8. The van der Waals surface area contributed by atoms with E-state index in [-0.39, 0.29) is 25.4 Å². The van der Waals surface area contributed by atoms with E-state index in [1.807, 2.05) is 109 Å². The first-order valence-corrected chi connectivity index (χ1v) is 21.5. The highest BCUT2D eigenvalue weighted by atomic mass is 16.6. The lowest BCUT2D eigenvalue weighted by Gasteiger charge is -2.46. The molecule has 4 N–H and O–H groups in total. The van der Waals surface area contributed by atoms with E-state index in [0.29, 0.717) is 28.0 Å². The SMILES string of the molecule is CC(NC(=O)N1C(=O)C2(c3ccccc31)C(C(=O)NCC(O)c1ccccc1)C1C(=O)OC(c3ccccc3)C(c3ccccc3)N1C2c1ccccc1OCCO)c1ccccc1. The van der Waals surface area contributed by atoms with Crippen LogP contribution >= 0.6 is 0 Å². The number of morpholine rings is 1. The number of hydrogen-bond acceptors (Lipinski definition) is 9. The Morgan fingerprint density at radius 2 is 1.31 bits per heavy atom. The van der Waals surface area contributed by atoms with Gasteiger partial charge in [-0.1, -0.05) is 158 Å². The monoisotopic (exact) mass is 856 g/mol. The van der Waals surface area contributed by atoms with Gasteiger partial charge in [0.2, 0.25) is 11.8 Å². The lowest BCUT2D eigenvalue weighted by atomic mass is 9.65. The van der Waals surface area contributed by atoms with Crippen molar-refractivity contribution in [3.05, 3.63) is 203 Å². The third-order valence-electron chi connectivity index (χ3n) is 12.7. The molecule has 2 saturated heterocycles. The van der Waals surface area contributed by atoms with Crippen LogP contribution in [-0.2, 0) is 24.5 Å². The third-order valence-corrected chi connectivity index (χ3v) is 12.7. The molecule has 3 aliphatic heterocycles. The summed E-state index contributed by atoms with van der Waals surface area (Å²) in [6, 6.07) is 46.4. The number of esters is 1. The van der Waals surface area contributed by atoms with Crippen LogP contribution in [0.5, 0.6) is 5.75 Å². The Hall–Kier alpha value is -7.12. The van der Waals surface area contributed by atoms with Gasteiger partial charge in [-0.05, 0) is 46.9 Å². The van der Waals surface area contributed by atoms with Crippen molar-refractivity contribution in [2.75, 3.05) is 24.7 Å². The number of hydrogen-bond donors (Lipinski definition) is 4. The number of cyclic esters (lactones) is 1. The zero-order valence-corrected chi connectivity index (χ0v) is 35.1. The van der Waals surface area contributed by atoms with Crippen LogP contribution < -0.4 is 20.3 Å². The van der Waals surface area contributed by atoms with Gasteiger partial charge < -0.3 is 30.3 Å². The first-order valence-electron chi connectivity index (χ1n) is 21.5. The molecule has 8 unspecified atom stereocenters. The Balaban J connectivity index is 1.30. The number of benzene rings is 6. The molecule has 0 aromatic heterocycles. The lowest BCUT2D eigenvalue weighted by Crippen LogP contribution is -2.56. The van der Waals surface area contributed by atoms with Crippen molar-refractivity contribution in [1.29, 1.82) is 0 Å². The molecule has 0 aliphatic carbocycles. The molecule has 0 radical (unpaired) electrons. The predicted octanol–water partition coefficient (Wildman–Crippen LogP) is 7.04.